The van der Waals surface area contributed by atoms with Crippen molar-refractivity contribution in [2.45, 2.75) is 33.9 Å². The molecule has 0 unspecified atom stereocenters. The SMILES string of the molecule is CCNC(=NCc1ccc(C)cc1OCCOC)NCc1scnc1C. The minimum Gasteiger partial charge on any atom is -0.491 e. The number of thiazole rings is 1. The van der Waals surface area contributed by atoms with Crippen LogP contribution < -0.4 is 15.4 Å². The number of aromatic nitrogens is 1. The molecule has 0 saturated carbocycles. The van der Waals surface area contributed by atoms with Crippen LogP contribution in [0.3, 0.4) is 0 Å². The molecule has 26 heavy (non-hydrogen) atoms. The summed E-state index contributed by atoms with van der Waals surface area (Å²) in [6, 6.07) is 6.19. The molecule has 142 valence electrons. The Labute approximate surface area is 159 Å². The van der Waals surface area contributed by atoms with Crippen LogP contribution in [0.2, 0.25) is 0 Å². The molecule has 2 N–H and O–H groups in total. The monoisotopic (exact) mass is 376 g/mol. The normalized spacial score (nSPS) is 11.5. The van der Waals surface area contributed by atoms with E-state index in [1.807, 2.05) is 18.5 Å². The summed E-state index contributed by atoms with van der Waals surface area (Å²) in [4.78, 5) is 10.2. The highest BCUT2D eigenvalue weighted by Gasteiger charge is 2.06. The Bertz CT molecular complexity index is 715. The van der Waals surface area contributed by atoms with Crippen molar-refractivity contribution in [3.8, 4) is 5.75 Å². The lowest BCUT2D eigenvalue weighted by molar-refractivity contribution is 0.145. The third-order valence-corrected chi connectivity index (χ3v) is 4.72. The first-order valence-corrected chi connectivity index (χ1v) is 9.64. The number of aliphatic imine (C=N–C) groups is 1. The number of guanidine groups is 1. The van der Waals surface area contributed by atoms with Crippen molar-refractivity contribution >= 4 is 17.3 Å². The summed E-state index contributed by atoms with van der Waals surface area (Å²) in [5.74, 6) is 1.64. The number of benzene rings is 1. The van der Waals surface area contributed by atoms with Crippen molar-refractivity contribution in [2.24, 2.45) is 4.99 Å². The van der Waals surface area contributed by atoms with Crippen molar-refractivity contribution in [2.75, 3.05) is 26.9 Å². The largest absolute Gasteiger partial charge is 0.491 e. The van der Waals surface area contributed by atoms with Crippen LogP contribution >= 0.6 is 11.3 Å². The van der Waals surface area contributed by atoms with E-state index in [2.05, 4.69) is 41.6 Å². The number of methoxy groups -OCH3 is 1. The van der Waals surface area contributed by atoms with Crippen LogP contribution in [0.5, 0.6) is 5.75 Å². The first kappa shape index (κ1) is 20.2. The van der Waals surface area contributed by atoms with E-state index in [1.165, 1.54) is 4.88 Å². The predicted octanol–water partition coefficient (Wildman–Crippen LogP) is 3.04. The van der Waals surface area contributed by atoms with E-state index in [4.69, 9.17) is 14.5 Å². The van der Waals surface area contributed by atoms with Gasteiger partial charge in [-0.2, -0.15) is 0 Å². The van der Waals surface area contributed by atoms with Crippen molar-refractivity contribution in [1.29, 1.82) is 0 Å². The van der Waals surface area contributed by atoms with E-state index >= 15 is 0 Å². The lowest BCUT2D eigenvalue weighted by Crippen LogP contribution is -2.36. The molecular weight excluding hydrogens is 348 g/mol. The molecule has 0 fully saturated rings. The van der Waals surface area contributed by atoms with Gasteiger partial charge in [-0.1, -0.05) is 12.1 Å². The van der Waals surface area contributed by atoms with E-state index in [-0.39, 0.29) is 0 Å². The molecule has 0 spiro atoms. The molecule has 0 aliphatic heterocycles. The zero-order chi connectivity index (χ0) is 18.8. The van der Waals surface area contributed by atoms with Gasteiger partial charge in [-0.15, -0.1) is 11.3 Å². The van der Waals surface area contributed by atoms with Gasteiger partial charge < -0.3 is 20.1 Å². The molecule has 0 aliphatic carbocycles. The van der Waals surface area contributed by atoms with Gasteiger partial charge in [-0.25, -0.2) is 9.98 Å². The van der Waals surface area contributed by atoms with Gasteiger partial charge >= 0.3 is 0 Å². The maximum absolute atomic E-state index is 5.84. The number of hydrogen-bond acceptors (Lipinski definition) is 5. The number of hydrogen-bond donors (Lipinski definition) is 2. The quantitative estimate of drug-likeness (QED) is 0.400. The zero-order valence-corrected chi connectivity index (χ0v) is 16.8. The molecule has 0 atom stereocenters. The average Bonchev–Trinajstić information content (AvgIpc) is 3.04. The first-order chi connectivity index (χ1) is 12.6. The Hall–Kier alpha value is -2.12. The molecule has 2 aromatic rings. The van der Waals surface area contributed by atoms with Crippen molar-refractivity contribution in [3.05, 3.63) is 45.4 Å². The summed E-state index contributed by atoms with van der Waals surface area (Å²) in [6.07, 6.45) is 0. The van der Waals surface area contributed by atoms with Gasteiger partial charge in [-0.05, 0) is 32.4 Å². The molecule has 2 rings (SSSR count). The lowest BCUT2D eigenvalue weighted by atomic mass is 10.1. The van der Waals surface area contributed by atoms with Crippen LogP contribution in [-0.4, -0.2) is 37.8 Å². The van der Waals surface area contributed by atoms with Gasteiger partial charge in [0.05, 0.1) is 30.9 Å². The summed E-state index contributed by atoms with van der Waals surface area (Å²) in [5.41, 5.74) is 5.14. The number of nitrogens with one attached hydrogen (secondary N) is 2. The van der Waals surface area contributed by atoms with Crippen LogP contribution in [-0.2, 0) is 17.8 Å². The molecule has 0 aliphatic rings. The highest BCUT2D eigenvalue weighted by atomic mass is 32.1. The van der Waals surface area contributed by atoms with Gasteiger partial charge in [0.2, 0.25) is 0 Å². The molecule has 6 nitrogen and oxygen atoms in total. The molecular formula is C19H28N4O2S. The van der Waals surface area contributed by atoms with E-state index in [0.29, 0.717) is 26.3 Å². The number of ether oxygens (including phenoxy) is 2. The lowest BCUT2D eigenvalue weighted by Gasteiger charge is -2.13. The second kappa shape index (κ2) is 10.8. The van der Waals surface area contributed by atoms with Gasteiger partial charge in [0.15, 0.2) is 5.96 Å². The molecule has 0 saturated heterocycles. The minimum absolute atomic E-state index is 0.527. The Morgan fingerprint density at radius 1 is 1.23 bits per heavy atom. The molecule has 0 bridgehead atoms. The standard InChI is InChI=1S/C19H28N4O2S/c1-5-20-19(22-12-18-15(3)23-13-26-18)21-11-16-7-6-14(2)10-17(16)25-9-8-24-4/h6-7,10,13H,5,8-9,11-12H2,1-4H3,(H2,20,21,22). The highest BCUT2D eigenvalue weighted by Crippen LogP contribution is 2.21. The fraction of sp³-hybridized carbons (Fsp3) is 0.474. The summed E-state index contributed by atoms with van der Waals surface area (Å²) in [5, 5.41) is 6.65. The molecule has 1 heterocycles. The first-order valence-electron chi connectivity index (χ1n) is 8.76. The number of aryl methyl sites for hydroxylation is 2. The van der Waals surface area contributed by atoms with E-state index in [1.54, 1.807) is 18.4 Å². The summed E-state index contributed by atoms with van der Waals surface area (Å²) < 4.78 is 10.9. The Kier molecular flexibility index (Phi) is 8.37. The predicted molar refractivity (Wildman–Crippen MR) is 107 cm³/mol. The smallest absolute Gasteiger partial charge is 0.191 e. The molecule has 1 aromatic carbocycles. The van der Waals surface area contributed by atoms with E-state index < -0.39 is 0 Å². The highest BCUT2D eigenvalue weighted by molar-refractivity contribution is 7.09. The van der Waals surface area contributed by atoms with Gasteiger partial charge in [-0.3, -0.25) is 0 Å². The van der Waals surface area contributed by atoms with Crippen LogP contribution in [0.25, 0.3) is 0 Å². The Morgan fingerprint density at radius 3 is 2.77 bits per heavy atom. The molecule has 1 aromatic heterocycles. The van der Waals surface area contributed by atoms with Crippen LogP contribution in [0.4, 0.5) is 0 Å². The van der Waals surface area contributed by atoms with Gasteiger partial charge in [0.1, 0.15) is 12.4 Å². The summed E-state index contributed by atoms with van der Waals surface area (Å²) in [7, 11) is 1.67. The topological polar surface area (TPSA) is 67.8 Å². The van der Waals surface area contributed by atoms with Crippen LogP contribution in [0.15, 0.2) is 28.7 Å². The molecule has 7 heteroatoms. The van der Waals surface area contributed by atoms with Crippen LogP contribution in [0.1, 0.15) is 28.6 Å². The maximum atomic E-state index is 5.84. The number of rotatable bonds is 9. The second-order valence-electron chi connectivity index (χ2n) is 5.86. The minimum atomic E-state index is 0.527. The summed E-state index contributed by atoms with van der Waals surface area (Å²) in [6.45, 7) is 9.29. The Morgan fingerprint density at radius 2 is 2.08 bits per heavy atom. The second-order valence-corrected chi connectivity index (χ2v) is 6.80. The van der Waals surface area contributed by atoms with Gasteiger partial charge in [0, 0.05) is 24.1 Å². The molecule has 0 radical (unpaired) electrons. The number of nitrogens with zero attached hydrogens (tertiary/aromatic N) is 2. The fourth-order valence-corrected chi connectivity index (χ4v) is 3.04. The van der Waals surface area contributed by atoms with Crippen LogP contribution in [0, 0.1) is 13.8 Å². The molecule has 0 amide bonds. The zero-order valence-electron chi connectivity index (χ0n) is 16.0. The Balaban J connectivity index is 2.04. The van der Waals surface area contributed by atoms with Crippen molar-refractivity contribution < 1.29 is 9.47 Å². The summed E-state index contributed by atoms with van der Waals surface area (Å²) >= 11 is 1.65. The van der Waals surface area contributed by atoms with E-state index in [0.717, 1.165) is 35.1 Å². The average molecular weight is 377 g/mol. The maximum Gasteiger partial charge on any atom is 0.191 e. The third-order valence-electron chi connectivity index (χ3n) is 3.78. The van der Waals surface area contributed by atoms with Crippen molar-refractivity contribution in [1.82, 2.24) is 15.6 Å². The fourth-order valence-electron chi connectivity index (χ4n) is 2.33. The van der Waals surface area contributed by atoms with Gasteiger partial charge in [0.25, 0.3) is 0 Å². The van der Waals surface area contributed by atoms with Crippen molar-refractivity contribution in [3.63, 3.8) is 0 Å². The third kappa shape index (κ3) is 6.31. The van der Waals surface area contributed by atoms with E-state index in [9.17, 15) is 0 Å².